The predicted octanol–water partition coefficient (Wildman–Crippen LogP) is 4.36. The summed E-state index contributed by atoms with van der Waals surface area (Å²) in [6, 6.07) is 12.1. The van der Waals surface area contributed by atoms with E-state index in [1.807, 2.05) is 18.3 Å². The molecule has 7 nitrogen and oxygen atoms in total. The second-order valence-electron chi connectivity index (χ2n) is 6.57. The fraction of sp³-hybridized carbons (Fsp3) is 0.143. The smallest absolute Gasteiger partial charge is 0.407 e. The lowest BCUT2D eigenvalue weighted by molar-refractivity contribution is 0.138. The van der Waals surface area contributed by atoms with Crippen molar-refractivity contribution >= 4 is 43.8 Å². The summed E-state index contributed by atoms with van der Waals surface area (Å²) in [7, 11) is 0. The quantitative estimate of drug-likeness (QED) is 0.357. The van der Waals surface area contributed by atoms with E-state index in [1.165, 1.54) is 0 Å². The monoisotopic (exact) mass is 455 g/mol. The van der Waals surface area contributed by atoms with Crippen molar-refractivity contribution in [1.29, 1.82) is 0 Å². The molecule has 0 bridgehead atoms. The van der Waals surface area contributed by atoms with Crippen LogP contribution in [-0.4, -0.2) is 32.8 Å². The van der Waals surface area contributed by atoms with Crippen molar-refractivity contribution in [3.8, 4) is 11.5 Å². The van der Waals surface area contributed by atoms with E-state index in [-0.39, 0.29) is 18.1 Å². The average molecular weight is 456 g/mol. The van der Waals surface area contributed by atoms with Gasteiger partial charge in [0.1, 0.15) is 18.1 Å². The van der Waals surface area contributed by atoms with Gasteiger partial charge in [0.15, 0.2) is 0 Å². The SMILES string of the molecule is O=C(NCCc1c[nH]c2ccc(O)cc12)OCc1ccc2ccc(O)c(Br)c2n1. The maximum atomic E-state index is 12.0. The van der Waals surface area contributed by atoms with Crippen LogP contribution in [0.25, 0.3) is 21.8 Å². The molecule has 0 unspecified atom stereocenters. The Morgan fingerprint density at radius 3 is 2.86 bits per heavy atom. The standard InChI is InChI=1S/C21H18BrN3O4/c22-19-18(27)6-2-12-1-3-14(25-20(12)19)11-29-21(28)23-8-7-13-10-24-17-5-4-15(26)9-16(13)17/h1-6,9-10,24,26-27H,7-8,11H2,(H,23,28). The molecule has 2 aromatic heterocycles. The third-order valence-corrected chi connectivity index (χ3v) is 5.39. The van der Waals surface area contributed by atoms with Crippen molar-refractivity contribution in [1.82, 2.24) is 15.3 Å². The summed E-state index contributed by atoms with van der Waals surface area (Å²) in [5.41, 5.74) is 3.11. The molecule has 29 heavy (non-hydrogen) atoms. The topological polar surface area (TPSA) is 107 Å². The highest BCUT2D eigenvalue weighted by Crippen LogP contribution is 2.31. The summed E-state index contributed by atoms with van der Waals surface area (Å²) in [4.78, 5) is 19.6. The van der Waals surface area contributed by atoms with Gasteiger partial charge in [0.25, 0.3) is 0 Å². The number of aromatic hydroxyl groups is 2. The Morgan fingerprint density at radius 1 is 1.17 bits per heavy atom. The van der Waals surface area contributed by atoms with E-state index in [9.17, 15) is 15.0 Å². The zero-order chi connectivity index (χ0) is 20.4. The van der Waals surface area contributed by atoms with Crippen molar-refractivity contribution in [2.24, 2.45) is 0 Å². The fourth-order valence-electron chi connectivity index (χ4n) is 3.13. The van der Waals surface area contributed by atoms with Crippen molar-refractivity contribution in [3.05, 3.63) is 64.4 Å². The molecule has 2 heterocycles. The van der Waals surface area contributed by atoms with Gasteiger partial charge in [0, 0.05) is 29.0 Å². The van der Waals surface area contributed by atoms with E-state index in [4.69, 9.17) is 4.74 Å². The Balaban J connectivity index is 1.32. The lowest BCUT2D eigenvalue weighted by Gasteiger charge is -2.08. The first-order valence-electron chi connectivity index (χ1n) is 8.98. The van der Waals surface area contributed by atoms with Gasteiger partial charge in [0.2, 0.25) is 0 Å². The molecular formula is C21H18BrN3O4. The second-order valence-corrected chi connectivity index (χ2v) is 7.36. The van der Waals surface area contributed by atoms with E-state index < -0.39 is 6.09 Å². The molecule has 4 rings (SSSR count). The molecule has 4 N–H and O–H groups in total. The number of rotatable bonds is 5. The third kappa shape index (κ3) is 4.12. The van der Waals surface area contributed by atoms with Crippen molar-refractivity contribution in [2.75, 3.05) is 6.54 Å². The van der Waals surface area contributed by atoms with Gasteiger partial charge < -0.3 is 25.3 Å². The summed E-state index contributed by atoms with van der Waals surface area (Å²) >= 11 is 3.32. The van der Waals surface area contributed by atoms with Crippen LogP contribution in [0, 0.1) is 0 Å². The number of alkyl carbamates (subject to hydrolysis) is 1. The number of pyridine rings is 1. The fourth-order valence-corrected chi connectivity index (χ4v) is 3.58. The first kappa shape index (κ1) is 19.1. The van der Waals surface area contributed by atoms with E-state index in [0.717, 1.165) is 21.9 Å². The van der Waals surface area contributed by atoms with E-state index in [0.29, 0.717) is 28.6 Å². The number of ether oxygens (including phenoxy) is 1. The lowest BCUT2D eigenvalue weighted by Crippen LogP contribution is -2.26. The molecule has 0 saturated heterocycles. The molecule has 8 heteroatoms. The summed E-state index contributed by atoms with van der Waals surface area (Å²) in [5.74, 6) is 0.306. The van der Waals surface area contributed by atoms with Crippen molar-refractivity contribution in [3.63, 3.8) is 0 Å². The molecule has 0 aliphatic rings. The van der Waals surface area contributed by atoms with Crippen LogP contribution >= 0.6 is 15.9 Å². The van der Waals surface area contributed by atoms with Crippen LogP contribution in [0.1, 0.15) is 11.3 Å². The molecular weight excluding hydrogens is 438 g/mol. The molecule has 0 saturated carbocycles. The van der Waals surface area contributed by atoms with Crippen LogP contribution in [0.15, 0.2) is 53.1 Å². The summed E-state index contributed by atoms with van der Waals surface area (Å²) < 4.78 is 5.74. The van der Waals surface area contributed by atoms with Gasteiger partial charge in [-0.15, -0.1) is 0 Å². The van der Waals surface area contributed by atoms with Crippen LogP contribution in [-0.2, 0) is 17.8 Å². The number of benzene rings is 2. The van der Waals surface area contributed by atoms with Gasteiger partial charge in [-0.05, 0) is 64.3 Å². The molecule has 0 aliphatic carbocycles. The number of phenols is 2. The number of phenolic OH excluding ortho intramolecular Hbond substituents is 2. The summed E-state index contributed by atoms with van der Waals surface area (Å²) in [6.45, 7) is 0.414. The van der Waals surface area contributed by atoms with Gasteiger partial charge >= 0.3 is 6.09 Å². The highest BCUT2D eigenvalue weighted by molar-refractivity contribution is 9.10. The van der Waals surface area contributed by atoms with Crippen LogP contribution in [0.2, 0.25) is 0 Å². The van der Waals surface area contributed by atoms with Gasteiger partial charge in [-0.3, -0.25) is 0 Å². The normalized spacial score (nSPS) is 11.1. The highest BCUT2D eigenvalue weighted by Gasteiger charge is 2.09. The number of halogens is 1. The van der Waals surface area contributed by atoms with Gasteiger partial charge in [-0.2, -0.15) is 0 Å². The van der Waals surface area contributed by atoms with E-state index in [2.05, 4.69) is 31.2 Å². The van der Waals surface area contributed by atoms with Crippen LogP contribution in [0.5, 0.6) is 11.5 Å². The molecule has 4 aromatic rings. The van der Waals surface area contributed by atoms with Gasteiger partial charge in [-0.25, -0.2) is 9.78 Å². The highest BCUT2D eigenvalue weighted by atomic mass is 79.9. The Labute approximate surface area is 174 Å². The second kappa shape index (κ2) is 8.00. The first-order valence-corrected chi connectivity index (χ1v) is 9.77. The minimum atomic E-state index is -0.537. The maximum absolute atomic E-state index is 12.0. The zero-order valence-electron chi connectivity index (χ0n) is 15.3. The molecule has 0 atom stereocenters. The number of hydrogen-bond acceptors (Lipinski definition) is 5. The van der Waals surface area contributed by atoms with Gasteiger partial charge in [0.05, 0.1) is 15.7 Å². The number of fused-ring (bicyclic) bond motifs is 2. The molecule has 2 aromatic carbocycles. The first-order chi connectivity index (χ1) is 14.0. The number of H-pyrrole nitrogens is 1. The molecule has 1 amide bonds. The Hall–Kier alpha value is -3.26. The third-order valence-electron chi connectivity index (χ3n) is 4.60. The van der Waals surface area contributed by atoms with E-state index in [1.54, 1.807) is 30.3 Å². The van der Waals surface area contributed by atoms with E-state index >= 15 is 0 Å². The largest absolute Gasteiger partial charge is 0.508 e. The number of nitrogens with one attached hydrogen (secondary N) is 2. The molecule has 148 valence electrons. The number of hydrogen-bond donors (Lipinski definition) is 4. The number of nitrogens with zero attached hydrogens (tertiary/aromatic N) is 1. The van der Waals surface area contributed by atoms with Crippen LogP contribution in [0.4, 0.5) is 4.79 Å². The molecule has 0 radical (unpaired) electrons. The van der Waals surface area contributed by atoms with Crippen molar-refractivity contribution < 1.29 is 19.7 Å². The Morgan fingerprint density at radius 2 is 2.00 bits per heavy atom. The Kier molecular flexibility index (Phi) is 5.26. The van der Waals surface area contributed by atoms with Gasteiger partial charge in [-0.1, -0.05) is 6.07 Å². The van der Waals surface area contributed by atoms with Crippen molar-refractivity contribution in [2.45, 2.75) is 13.0 Å². The summed E-state index contributed by atoms with van der Waals surface area (Å²) in [5, 5.41) is 23.9. The lowest BCUT2D eigenvalue weighted by atomic mass is 10.1. The molecule has 0 spiro atoms. The number of aromatic amines is 1. The summed E-state index contributed by atoms with van der Waals surface area (Å²) in [6.07, 6.45) is 1.92. The van der Waals surface area contributed by atoms with Crippen LogP contribution in [0.3, 0.4) is 0 Å². The maximum Gasteiger partial charge on any atom is 0.407 e. The Bertz CT molecular complexity index is 1210. The van der Waals surface area contributed by atoms with Crippen LogP contribution < -0.4 is 5.32 Å². The molecule has 0 fully saturated rings. The minimum absolute atomic E-state index is 0.0187. The minimum Gasteiger partial charge on any atom is -0.508 e. The number of aromatic nitrogens is 2. The average Bonchev–Trinajstić information content (AvgIpc) is 3.11. The predicted molar refractivity (Wildman–Crippen MR) is 113 cm³/mol. The zero-order valence-corrected chi connectivity index (χ0v) is 16.9. The number of carbonyl (C=O) groups excluding carboxylic acids is 1. The number of amides is 1. The molecule has 0 aliphatic heterocycles. The number of carbonyl (C=O) groups is 1.